The van der Waals surface area contributed by atoms with E-state index < -0.39 is 11.0 Å². The number of ether oxygens (including phenoxy) is 1. The minimum atomic E-state index is -0.997. The zero-order chi connectivity index (χ0) is 23.2. The van der Waals surface area contributed by atoms with E-state index in [-0.39, 0.29) is 30.2 Å². The first-order valence-corrected chi connectivity index (χ1v) is 13.3. The Morgan fingerprint density at radius 3 is 2.91 bits per heavy atom. The van der Waals surface area contributed by atoms with E-state index in [4.69, 9.17) is 4.74 Å². The molecule has 4 heterocycles. The van der Waals surface area contributed by atoms with Gasteiger partial charge in [-0.05, 0) is 80.7 Å². The number of aromatic nitrogens is 1. The summed E-state index contributed by atoms with van der Waals surface area (Å²) in [6.45, 7) is 4.90. The summed E-state index contributed by atoms with van der Waals surface area (Å²) in [7, 11) is 0. The fourth-order valence-corrected chi connectivity index (χ4v) is 7.97. The highest BCUT2D eigenvalue weighted by molar-refractivity contribution is 7.05. The van der Waals surface area contributed by atoms with Crippen molar-refractivity contribution in [2.24, 2.45) is 5.92 Å². The Kier molecular flexibility index (Phi) is 4.47. The molecule has 2 bridgehead atoms. The Hall–Kier alpha value is -2.16. The smallest absolute Gasteiger partial charge is 0.228 e. The lowest BCUT2D eigenvalue weighted by molar-refractivity contribution is -0.162. The van der Waals surface area contributed by atoms with E-state index in [0.29, 0.717) is 25.3 Å². The number of aryl methyl sites for hydroxylation is 1. The lowest BCUT2D eigenvalue weighted by atomic mass is 9.52. The van der Waals surface area contributed by atoms with Crippen LogP contribution < -0.4 is 4.74 Å². The van der Waals surface area contributed by atoms with Gasteiger partial charge < -0.3 is 19.8 Å². The Morgan fingerprint density at radius 1 is 1.29 bits per heavy atom. The van der Waals surface area contributed by atoms with E-state index in [1.807, 2.05) is 24.0 Å². The molecule has 2 aromatic rings. The average Bonchev–Trinajstić information content (AvgIpc) is 3.46. The SMILES string of the molecule is Cc1cc(CC(=O)N2CC[C@@]3(O)[C@H]4Cc5ccc(O)c6c5[C@@]3(CCN4CC3CC3)[C@H](C2)O6)ns1. The van der Waals surface area contributed by atoms with E-state index in [9.17, 15) is 15.0 Å². The van der Waals surface area contributed by atoms with Gasteiger partial charge >= 0.3 is 0 Å². The first kappa shape index (κ1) is 21.1. The van der Waals surface area contributed by atoms with Crippen molar-refractivity contribution in [3.63, 3.8) is 0 Å². The minimum absolute atomic E-state index is 0.00665. The van der Waals surface area contributed by atoms with Gasteiger partial charge in [0, 0.05) is 29.6 Å². The van der Waals surface area contributed by atoms with E-state index in [0.717, 1.165) is 48.0 Å². The van der Waals surface area contributed by atoms with Crippen LogP contribution in [0.3, 0.4) is 0 Å². The fraction of sp³-hybridized carbons (Fsp3) is 0.615. The third-order valence-corrected chi connectivity index (χ3v) is 9.88. The number of carbonyl (C=O) groups excluding carboxylic acids is 1. The second-order valence-electron chi connectivity index (χ2n) is 11.1. The number of rotatable bonds is 4. The molecule has 4 atom stereocenters. The van der Waals surface area contributed by atoms with Crippen LogP contribution in [0.5, 0.6) is 11.5 Å². The van der Waals surface area contributed by atoms with Crippen molar-refractivity contribution in [1.82, 2.24) is 14.2 Å². The first-order valence-electron chi connectivity index (χ1n) is 12.6. The molecule has 2 saturated heterocycles. The minimum Gasteiger partial charge on any atom is -0.504 e. The van der Waals surface area contributed by atoms with Gasteiger partial charge in [-0.15, -0.1) is 0 Å². The van der Waals surface area contributed by atoms with Gasteiger partial charge in [0.15, 0.2) is 11.5 Å². The van der Waals surface area contributed by atoms with Gasteiger partial charge in [-0.25, -0.2) is 0 Å². The van der Waals surface area contributed by atoms with Crippen molar-refractivity contribution in [3.8, 4) is 11.5 Å². The number of aliphatic hydroxyl groups is 1. The van der Waals surface area contributed by atoms with Crippen LogP contribution >= 0.6 is 11.5 Å². The number of hydrogen-bond acceptors (Lipinski definition) is 7. The summed E-state index contributed by atoms with van der Waals surface area (Å²) in [5.41, 5.74) is 1.40. The molecular formula is C26H31N3O4S. The molecule has 7 nitrogen and oxygen atoms in total. The Balaban J connectivity index is 1.29. The molecule has 2 N–H and O–H groups in total. The summed E-state index contributed by atoms with van der Waals surface area (Å²) >= 11 is 1.42. The van der Waals surface area contributed by atoms with Crippen LogP contribution in [0.15, 0.2) is 18.2 Å². The topological polar surface area (TPSA) is 86.1 Å². The highest BCUT2D eigenvalue weighted by atomic mass is 32.1. The molecule has 0 unspecified atom stereocenters. The molecule has 1 saturated carbocycles. The maximum absolute atomic E-state index is 13.4. The Labute approximate surface area is 203 Å². The van der Waals surface area contributed by atoms with E-state index in [1.165, 1.54) is 29.9 Å². The molecule has 1 aromatic heterocycles. The largest absolute Gasteiger partial charge is 0.504 e. The number of likely N-dealkylation sites (tertiary alicyclic amines) is 2. The van der Waals surface area contributed by atoms with Gasteiger partial charge in [-0.1, -0.05) is 6.07 Å². The zero-order valence-corrected chi connectivity index (χ0v) is 20.3. The van der Waals surface area contributed by atoms with Crippen molar-refractivity contribution in [2.75, 3.05) is 26.2 Å². The summed E-state index contributed by atoms with van der Waals surface area (Å²) < 4.78 is 10.9. The van der Waals surface area contributed by atoms with Crippen LogP contribution in [-0.2, 0) is 23.1 Å². The van der Waals surface area contributed by atoms with Gasteiger partial charge in [0.05, 0.1) is 29.7 Å². The summed E-state index contributed by atoms with van der Waals surface area (Å²) in [5, 5.41) is 23.3. The number of carbonyl (C=O) groups is 1. The number of nitrogens with zero attached hydrogens (tertiary/aromatic N) is 3. The standard InChI is InChI=1S/C26H31N3O4S/c1-15-10-18(27-34-15)12-22(31)29-9-7-26(32)20-11-17-4-5-19(30)24-23(17)25(26,21(14-29)33-24)6-8-28(20)13-16-2-3-16/h4-5,10,16,20-21,30,32H,2-3,6-9,11-14H2,1H3/t20-,21+,25-,26-/m1/s1. The molecule has 1 aromatic carbocycles. The van der Waals surface area contributed by atoms with Crippen LogP contribution in [0.4, 0.5) is 0 Å². The molecular weight excluding hydrogens is 450 g/mol. The van der Waals surface area contributed by atoms with Crippen LogP contribution in [0.2, 0.25) is 0 Å². The maximum Gasteiger partial charge on any atom is 0.228 e. The van der Waals surface area contributed by atoms with Crippen molar-refractivity contribution in [3.05, 3.63) is 39.9 Å². The highest BCUT2D eigenvalue weighted by Gasteiger charge is 2.71. The molecule has 180 valence electrons. The third kappa shape index (κ3) is 2.82. The van der Waals surface area contributed by atoms with E-state index in [1.54, 1.807) is 6.07 Å². The normalized spacial score (nSPS) is 33.9. The third-order valence-electron chi connectivity index (χ3n) is 9.15. The molecule has 1 amide bonds. The summed E-state index contributed by atoms with van der Waals surface area (Å²) in [5.74, 6) is 1.44. The fourth-order valence-electron chi connectivity index (χ4n) is 7.40. The molecule has 8 heteroatoms. The average molecular weight is 482 g/mol. The van der Waals surface area contributed by atoms with Crippen molar-refractivity contribution >= 4 is 17.4 Å². The predicted octanol–water partition coefficient (Wildman–Crippen LogP) is 2.40. The van der Waals surface area contributed by atoms with Crippen LogP contribution in [-0.4, -0.2) is 74.2 Å². The van der Waals surface area contributed by atoms with Crippen molar-refractivity contribution in [1.29, 1.82) is 0 Å². The first-order chi connectivity index (χ1) is 16.4. The number of piperidine rings is 1. The zero-order valence-electron chi connectivity index (χ0n) is 19.5. The molecule has 2 aliphatic carbocycles. The lowest BCUT2D eigenvalue weighted by Gasteiger charge is -2.60. The highest BCUT2D eigenvalue weighted by Crippen LogP contribution is 2.63. The second kappa shape index (κ2) is 7.18. The molecule has 7 rings (SSSR count). The van der Waals surface area contributed by atoms with Gasteiger partial charge in [-0.2, -0.15) is 4.37 Å². The molecule has 1 spiro atoms. The number of hydrogen-bond donors (Lipinski definition) is 2. The Bertz CT molecular complexity index is 1180. The summed E-state index contributed by atoms with van der Waals surface area (Å²) in [4.78, 5) is 18.9. The summed E-state index contributed by atoms with van der Waals surface area (Å²) in [6, 6.07) is 5.73. The van der Waals surface area contributed by atoms with Gasteiger partial charge in [-0.3, -0.25) is 9.69 Å². The number of benzene rings is 1. The van der Waals surface area contributed by atoms with Crippen LogP contribution in [0.25, 0.3) is 0 Å². The quantitative estimate of drug-likeness (QED) is 0.698. The number of aromatic hydroxyl groups is 1. The lowest BCUT2D eigenvalue weighted by Crippen LogP contribution is -2.74. The molecule has 34 heavy (non-hydrogen) atoms. The monoisotopic (exact) mass is 481 g/mol. The second-order valence-corrected chi connectivity index (χ2v) is 12.1. The summed E-state index contributed by atoms with van der Waals surface area (Å²) in [6.07, 6.45) is 4.54. The number of amides is 1. The number of phenolic OH excluding ortho intramolecular Hbond substituents is 1. The van der Waals surface area contributed by atoms with Gasteiger partial charge in [0.2, 0.25) is 5.91 Å². The predicted molar refractivity (Wildman–Crippen MR) is 127 cm³/mol. The van der Waals surface area contributed by atoms with Crippen LogP contribution in [0, 0.1) is 12.8 Å². The maximum atomic E-state index is 13.4. The molecule has 0 radical (unpaired) electrons. The van der Waals surface area contributed by atoms with E-state index >= 15 is 0 Å². The Morgan fingerprint density at radius 2 is 2.15 bits per heavy atom. The molecule has 5 aliphatic rings. The van der Waals surface area contributed by atoms with Crippen molar-refractivity contribution in [2.45, 2.75) is 68.6 Å². The molecule has 3 fully saturated rings. The van der Waals surface area contributed by atoms with Gasteiger partial charge in [0.25, 0.3) is 0 Å². The van der Waals surface area contributed by atoms with Gasteiger partial charge in [0.1, 0.15) is 6.10 Å². The van der Waals surface area contributed by atoms with E-state index in [2.05, 4.69) is 9.27 Å². The molecule has 3 aliphatic heterocycles. The van der Waals surface area contributed by atoms with Crippen LogP contribution in [0.1, 0.15) is 47.4 Å². The van der Waals surface area contributed by atoms with Crippen molar-refractivity contribution < 1.29 is 19.7 Å². The number of phenols is 1.